The molecule has 3 atom stereocenters. The van der Waals surface area contributed by atoms with Crippen LogP contribution in [-0.2, 0) is 0 Å². The maximum absolute atomic E-state index is 6.52. The first-order chi connectivity index (χ1) is 15.5. The number of benzene rings is 1. The Morgan fingerprint density at radius 3 is 2.91 bits per heavy atom. The van der Waals surface area contributed by atoms with Gasteiger partial charge < -0.3 is 10.1 Å². The van der Waals surface area contributed by atoms with Crippen LogP contribution in [0.4, 0.5) is 5.69 Å². The van der Waals surface area contributed by atoms with Crippen LogP contribution in [0.1, 0.15) is 46.5 Å². The minimum absolute atomic E-state index is 0.170. The summed E-state index contributed by atoms with van der Waals surface area (Å²) in [6, 6.07) is 8.17. The van der Waals surface area contributed by atoms with Crippen molar-refractivity contribution in [1.82, 2.24) is 15.2 Å². The second-order valence-corrected chi connectivity index (χ2v) is 9.83. The molecule has 32 heavy (non-hydrogen) atoms. The number of ether oxygens (including phenoxy) is 1. The second-order valence-electron chi connectivity index (χ2n) is 8.84. The van der Waals surface area contributed by atoms with Crippen molar-refractivity contribution >= 4 is 17.4 Å². The molecule has 1 aliphatic carbocycles. The van der Waals surface area contributed by atoms with Gasteiger partial charge in [0.1, 0.15) is 0 Å². The molecule has 0 spiro atoms. The van der Waals surface area contributed by atoms with Gasteiger partial charge in [-0.15, -0.1) is 16.8 Å². The SMILES string of the molecule is C=CCSc1nnc2c(n1)OC(C1CC=C(CCC=C(C)C)CC1C)Nc1ccccc1-2. The van der Waals surface area contributed by atoms with Crippen molar-refractivity contribution in [2.75, 3.05) is 11.1 Å². The summed E-state index contributed by atoms with van der Waals surface area (Å²) in [5.41, 5.74) is 5.64. The number of anilines is 1. The Labute approximate surface area is 195 Å². The smallest absolute Gasteiger partial charge is 0.247 e. The summed E-state index contributed by atoms with van der Waals surface area (Å²) in [5, 5.41) is 13.0. The number of hydrogen-bond acceptors (Lipinski definition) is 6. The lowest BCUT2D eigenvalue weighted by atomic mass is 9.78. The van der Waals surface area contributed by atoms with E-state index in [2.05, 4.69) is 61.1 Å². The molecule has 168 valence electrons. The Balaban J connectivity index is 1.59. The van der Waals surface area contributed by atoms with Crippen molar-refractivity contribution < 1.29 is 4.74 Å². The van der Waals surface area contributed by atoms with Gasteiger partial charge in [0, 0.05) is 22.9 Å². The Kier molecular flexibility index (Phi) is 7.30. The normalized spacial score (nSPS) is 21.7. The molecule has 0 saturated heterocycles. The summed E-state index contributed by atoms with van der Waals surface area (Å²) in [6.45, 7) is 10.4. The van der Waals surface area contributed by atoms with E-state index in [9.17, 15) is 0 Å². The largest absolute Gasteiger partial charge is 0.452 e. The zero-order valence-corrected chi connectivity index (χ0v) is 20.0. The van der Waals surface area contributed by atoms with E-state index in [0.29, 0.717) is 28.6 Å². The first-order valence-corrected chi connectivity index (χ1v) is 12.4. The third-order valence-electron chi connectivity index (χ3n) is 6.08. The van der Waals surface area contributed by atoms with Crippen molar-refractivity contribution in [1.29, 1.82) is 0 Å². The van der Waals surface area contributed by atoms with E-state index >= 15 is 0 Å². The van der Waals surface area contributed by atoms with Gasteiger partial charge in [-0.2, -0.15) is 4.98 Å². The van der Waals surface area contributed by atoms with Gasteiger partial charge in [-0.05, 0) is 51.5 Å². The molecule has 0 radical (unpaired) electrons. The van der Waals surface area contributed by atoms with Gasteiger partial charge in [0.05, 0.1) is 0 Å². The summed E-state index contributed by atoms with van der Waals surface area (Å²) in [7, 11) is 0. The topological polar surface area (TPSA) is 59.9 Å². The maximum Gasteiger partial charge on any atom is 0.247 e. The number of allylic oxidation sites excluding steroid dienone is 4. The number of fused-ring (bicyclic) bond motifs is 3. The fourth-order valence-corrected chi connectivity index (χ4v) is 4.93. The quantitative estimate of drug-likeness (QED) is 0.377. The highest BCUT2D eigenvalue weighted by Gasteiger charge is 2.34. The van der Waals surface area contributed by atoms with Crippen molar-refractivity contribution in [3.8, 4) is 17.1 Å². The van der Waals surface area contributed by atoms with Crippen LogP contribution < -0.4 is 10.1 Å². The number of nitrogens with one attached hydrogen (secondary N) is 1. The van der Waals surface area contributed by atoms with Crippen LogP contribution >= 0.6 is 11.8 Å². The van der Waals surface area contributed by atoms with Crippen molar-refractivity contribution in [2.24, 2.45) is 11.8 Å². The van der Waals surface area contributed by atoms with E-state index in [1.54, 1.807) is 5.57 Å². The summed E-state index contributed by atoms with van der Waals surface area (Å²) in [5.74, 6) is 2.15. The molecule has 1 aromatic carbocycles. The lowest BCUT2D eigenvalue weighted by molar-refractivity contribution is 0.114. The first-order valence-electron chi connectivity index (χ1n) is 11.4. The van der Waals surface area contributed by atoms with Gasteiger partial charge in [0.25, 0.3) is 0 Å². The molecule has 3 unspecified atom stereocenters. The van der Waals surface area contributed by atoms with Crippen LogP contribution in [0.2, 0.25) is 0 Å². The number of hydrogen-bond donors (Lipinski definition) is 1. The van der Waals surface area contributed by atoms with E-state index in [1.165, 1.54) is 17.3 Å². The molecule has 0 amide bonds. The summed E-state index contributed by atoms with van der Waals surface area (Å²) < 4.78 is 6.52. The van der Waals surface area contributed by atoms with E-state index in [0.717, 1.165) is 42.7 Å². The average Bonchev–Trinajstić information content (AvgIpc) is 2.94. The zero-order chi connectivity index (χ0) is 22.5. The van der Waals surface area contributed by atoms with E-state index in [-0.39, 0.29) is 6.23 Å². The van der Waals surface area contributed by atoms with Crippen molar-refractivity contribution in [2.45, 2.75) is 57.8 Å². The second kappa shape index (κ2) is 10.3. The predicted octanol–water partition coefficient (Wildman–Crippen LogP) is 6.67. The van der Waals surface area contributed by atoms with Crippen LogP contribution in [0.25, 0.3) is 11.3 Å². The standard InChI is InChI=1S/C26H32N4OS/c1-5-15-32-26-28-25-23(29-30-26)21-11-6-7-12-22(21)27-24(31-25)20-14-13-19(16-18(20)4)10-8-9-17(2)3/h5-7,9,11-13,18,20,24,27H,1,8,10,14-16H2,2-4H3. The number of nitrogens with zero attached hydrogens (tertiary/aromatic N) is 3. The molecular formula is C26H32N4OS. The molecule has 1 aliphatic heterocycles. The lowest BCUT2D eigenvalue weighted by Gasteiger charge is -2.35. The fraction of sp³-hybridized carbons (Fsp3) is 0.423. The molecule has 2 aliphatic rings. The Bertz CT molecular complexity index is 1030. The third kappa shape index (κ3) is 5.23. The molecule has 5 nitrogen and oxygen atoms in total. The highest BCUT2D eigenvalue weighted by molar-refractivity contribution is 7.99. The highest BCUT2D eigenvalue weighted by atomic mass is 32.2. The molecule has 1 aromatic heterocycles. The molecule has 0 saturated carbocycles. The Morgan fingerprint density at radius 1 is 1.28 bits per heavy atom. The lowest BCUT2D eigenvalue weighted by Crippen LogP contribution is -2.39. The molecular weight excluding hydrogens is 416 g/mol. The molecule has 1 N–H and O–H groups in total. The summed E-state index contributed by atoms with van der Waals surface area (Å²) in [6.07, 6.45) is 10.8. The van der Waals surface area contributed by atoms with Gasteiger partial charge in [0.2, 0.25) is 11.0 Å². The van der Waals surface area contributed by atoms with Gasteiger partial charge >= 0.3 is 0 Å². The fourth-order valence-electron chi connectivity index (χ4n) is 4.41. The molecule has 6 heteroatoms. The van der Waals surface area contributed by atoms with Crippen molar-refractivity contribution in [3.05, 3.63) is 60.2 Å². The molecule has 0 fully saturated rings. The van der Waals surface area contributed by atoms with Crippen LogP contribution in [0, 0.1) is 11.8 Å². The van der Waals surface area contributed by atoms with Gasteiger partial charge in [-0.3, -0.25) is 0 Å². The van der Waals surface area contributed by atoms with E-state index in [1.807, 2.05) is 24.3 Å². The van der Waals surface area contributed by atoms with Crippen LogP contribution in [0.5, 0.6) is 5.88 Å². The van der Waals surface area contributed by atoms with Crippen LogP contribution in [-0.4, -0.2) is 27.2 Å². The minimum Gasteiger partial charge on any atom is -0.452 e. The maximum atomic E-state index is 6.52. The predicted molar refractivity (Wildman–Crippen MR) is 133 cm³/mol. The summed E-state index contributed by atoms with van der Waals surface area (Å²) >= 11 is 1.51. The van der Waals surface area contributed by atoms with Crippen LogP contribution in [0.15, 0.2) is 65.4 Å². The minimum atomic E-state index is -0.170. The number of thioether (sulfide) groups is 1. The van der Waals surface area contributed by atoms with E-state index < -0.39 is 0 Å². The molecule has 2 heterocycles. The van der Waals surface area contributed by atoms with Crippen LogP contribution in [0.3, 0.4) is 0 Å². The Morgan fingerprint density at radius 2 is 2.12 bits per heavy atom. The van der Waals surface area contributed by atoms with Crippen molar-refractivity contribution in [3.63, 3.8) is 0 Å². The highest BCUT2D eigenvalue weighted by Crippen LogP contribution is 2.41. The number of para-hydroxylation sites is 1. The van der Waals surface area contributed by atoms with Gasteiger partial charge in [-0.25, -0.2) is 0 Å². The molecule has 2 aromatic rings. The third-order valence-corrected chi connectivity index (χ3v) is 6.92. The molecule has 4 rings (SSSR count). The first kappa shape index (κ1) is 22.6. The Hall–Kier alpha value is -2.60. The monoisotopic (exact) mass is 448 g/mol. The van der Waals surface area contributed by atoms with Gasteiger partial charge in [0.15, 0.2) is 11.9 Å². The van der Waals surface area contributed by atoms with Gasteiger partial charge in [-0.1, -0.05) is 66.3 Å². The average molecular weight is 449 g/mol. The summed E-state index contributed by atoms with van der Waals surface area (Å²) in [4.78, 5) is 4.71. The van der Waals surface area contributed by atoms with E-state index in [4.69, 9.17) is 9.72 Å². The number of aromatic nitrogens is 3. The zero-order valence-electron chi connectivity index (χ0n) is 19.2. The number of rotatable bonds is 7. The molecule has 0 bridgehead atoms.